The third kappa shape index (κ3) is 6.50. The normalized spacial score (nSPS) is 17.8. The van der Waals surface area contributed by atoms with Gasteiger partial charge in [-0.25, -0.2) is 0 Å². The Morgan fingerprint density at radius 2 is 1.46 bits per heavy atom. The van der Waals surface area contributed by atoms with Gasteiger partial charge in [0.25, 0.3) is 5.56 Å². The van der Waals surface area contributed by atoms with E-state index in [0.29, 0.717) is 40.1 Å². The lowest BCUT2D eigenvalue weighted by atomic mass is 9.85. The Morgan fingerprint density at radius 1 is 0.811 bits per heavy atom. The van der Waals surface area contributed by atoms with Crippen LogP contribution in [0.1, 0.15) is 36.8 Å². The Hall–Kier alpha value is -2.50. The average Bonchev–Trinajstić information content (AvgIpc) is 2.89. The van der Waals surface area contributed by atoms with Crippen molar-refractivity contribution in [2.45, 2.75) is 44.8 Å². The Labute approximate surface area is 232 Å². The number of hydrogen-bond acceptors (Lipinski definition) is 3. The maximum absolute atomic E-state index is 12.0. The minimum atomic E-state index is -0.149. The molecular weight excluding hydrogens is 527 g/mol. The van der Waals surface area contributed by atoms with E-state index in [4.69, 9.17) is 39.5 Å². The number of pyridine rings is 1. The van der Waals surface area contributed by atoms with Crippen molar-refractivity contribution in [3.05, 3.63) is 109 Å². The molecule has 0 saturated heterocycles. The highest BCUT2D eigenvalue weighted by molar-refractivity contribution is 6.37. The van der Waals surface area contributed by atoms with Gasteiger partial charge in [0, 0.05) is 46.1 Å². The van der Waals surface area contributed by atoms with Crippen molar-refractivity contribution in [2.75, 3.05) is 6.61 Å². The molecule has 1 saturated carbocycles. The van der Waals surface area contributed by atoms with Gasteiger partial charge in [-0.3, -0.25) is 9.69 Å². The Balaban J connectivity index is 1.23. The average molecular weight is 556 g/mol. The van der Waals surface area contributed by atoms with Crippen LogP contribution in [0, 0.1) is 5.92 Å². The lowest BCUT2D eigenvalue weighted by molar-refractivity contribution is 0.105. The summed E-state index contributed by atoms with van der Waals surface area (Å²) >= 11 is 19.1. The zero-order chi connectivity index (χ0) is 25.8. The fraction of sp³-hybridized carbons (Fsp3) is 0.300. The summed E-state index contributed by atoms with van der Waals surface area (Å²) in [5.74, 6) is 1.09. The van der Waals surface area contributed by atoms with E-state index in [-0.39, 0.29) is 5.56 Å². The Kier molecular flexibility index (Phi) is 8.41. The molecule has 0 aliphatic heterocycles. The van der Waals surface area contributed by atoms with Crippen molar-refractivity contribution in [1.82, 2.24) is 9.88 Å². The van der Waals surface area contributed by atoms with Gasteiger partial charge in [0.1, 0.15) is 5.75 Å². The molecule has 1 N–H and O–H groups in total. The van der Waals surface area contributed by atoms with Crippen molar-refractivity contribution in [2.24, 2.45) is 5.92 Å². The molecule has 5 rings (SSSR count). The quantitative estimate of drug-likeness (QED) is 0.239. The number of fused-ring (bicyclic) bond motifs is 1. The molecule has 0 radical (unpaired) electrons. The van der Waals surface area contributed by atoms with Crippen LogP contribution < -0.4 is 10.3 Å². The monoisotopic (exact) mass is 554 g/mol. The van der Waals surface area contributed by atoms with E-state index in [1.165, 1.54) is 11.1 Å². The molecule has 0 spiro atoms. The zero-order valence-corrected chi connectivity index (χ0v) is 22.7. The molecular formula is C30H29Cl3N2O2. The molecule has 1 aliphatic carbocycles. The predicted octanol–water partition coefficient (Wildman–Crippen LogP) is 8.13. The van der Waals surface area contributed by atoms with Crippen LogP contribution >= 0.6 is 34.8 Å². The van der Waals surface area contributed by atoms with Gasteiger partial charge in [0.2, 0.25) is 0 Å². The van der Waals surface area contributed by atoms with Crippen LogP contribution in [0.15, 0.2) is 77.7 Å². The zero-order valence-electron chi connectivity index (χ0n) is 20.4. The van der Waals surface area contributed by atoms with Gasteiger partial charge < -0.3 is 9.72 Å². The van der Waals surface area contributed by atoms with Crippen molar-refractivity contribution in [1.29, 1.82) is 0 Å². The SMILES string of the molecule is O=c1[nH]ccc2c(Cl)c(OCC3CCC(N(Cc4cccc(Cl)c4)Cc4cccc(Cl)c4)CC3)ccc12. The fourth-order valence-electron chi connectivity index (χ4n) is 5.26. The second-order valence-corrected chi connectivity index (χ2v) is 11.0. The molecule has 0 bridgehead atoms. The first-order valence-electron chi connectivity index (χ1n) is 12.6. The number of halogens is 3. The van der Waals surface area contributed by atoms with Gasteiger partial charge >= 0.3 is 0 Å². The minimum absolute atomic E-state index is 0.149. The van der Waals surface area contributed by atoms with Gasteiger partial charge in [0.15, 0.2) is 0 Å². The van der Waals surface area contributed by atoms with E-state index in [1.54, 1.807) is 18.3 Å². The molecule has 37 heavy (non-hydrogen) atoms. The van der Waals surface area contributed by atoms with E-state index < -0.39 is 0 Å². The maximum atomic E-state index is 12.0. The summed E-state index contributed by atoms with van der Waals surface area (Å²) in [6.45, 7) is 2.29. The highest BCUT2D eigenvalue weighted by Crippen LogP contribution is 2.34. The van der Waals surface area contributed by atoms with Crippen molar-refractivity contribution < 1.29 is 4.74 Å². The first-order chi connectivity index (χ1) is 18.0. The molecule has 3 aromatic carbocycles. The molecule has 4 nitrogen and oxygen atoms in total. The molecule has 1 fully saturated rings. The molecule has 4 aromatic rings. The first-order valence-corrected chi connectivity index (χ1v) is 13.8. The van der Waals surface area contributed by atoms with Gasteiger partial charge in [-0.2, -0.15) is 0 Å². The summed E-state index contributed by atoms with van der Waals surface area (Å²) in [4.78, 5) is 17.3. The number of nitrogens with zero attached hydrogens (tertiary/aromatic N) is 1. The number of aromatic nitrogens is 1. The Bertz CT molecular complexity index is 1380. The summed E-state index contributed by atoms with van der Waals surface area (Å²) in [5.41, 5.74) is 2.28. The van der Waals surface area contributed by atoms with Gasteiger partial charge in [0.05, 0.1) is 11.6 Å². The van der Waals surface area contributed by atoms with Crippen LogP contribution in [-0.4, -0.2) is 22.5 Å². The lowest BCUT2D eigenvalue weighted by Gasteiger charge is -2.37. The topological polar surface area (TPSA) is 45.3 Å². The number of ether oxygens (including phenoxy) is 1. The number of rotatable bonds is 8. The predicted molar refractivity (Wildman–Crippen MR) is 153 cm³/mol. The molecule has 0 amide bonds. The fourth-order valence-corrected chi connectivity index (χ4v) is 5.97. The van der Waals surface area contributed by atoms with Crippen molar-refractivity contribution in [3.63, 3.8) is 0 Å². The van der Waals surface area contributed by atoms with E-state index in [9.17, 15) is 4.79 Å². The van der Waals surface area contributed by atoms with Crippen LogP contribution in [0.4, 0.5) is 0 Å². The van der Waals surface area contributed by atoms with Crippen LogP contribution in [-0.2, 0) is 13.1 Å². The van der Waals surface area contributed by atoms with E-state index in [1.807, 2.05) is 42.5 Å². The van der Waals surface area contributed by atoms with E-state index >= 15 is 0 Å². The summed E-state index contributed by atoms with van der Waals surface area (Å²) in [7, 11) is 0. The second-order valence-electron chi connectivity index (χ2n) is 9.80. The Morgan fingerprint density at radius 3 is 2.08 bits per heavy atom. The molecule has 0 atom stereocenters. The summed E-state index contributed by atoms with van der Waals surface area (Å²) in [5, 5.41) is 3.30. The van der Waals surface area contributed by atoms with Crippen LogP contribution in [0.5, 0.6) is 5.75 Å². The molecule has 0 unspecified atom stereocenters. The number of hydrogen-bond donors (Lipinski definition) is 1. The molecule has 192 valence electrons. The largest absolute Gasteiger partial charge is 0.492 e. The van der Waals surface area contributed by atoms with Crippen LogP contribution in [0.3, 0.4) is 0 Å². The molecule has 1 heterocycles. The van der Waals surface area contributed by atoms with Crippen molar-refractivity contribution >= 4 is 45.6 Å². The molecule has 1 aliphatic rings. The van der Waals surface area contributed by atoms with Gasteiger partial charge in [-0.15, -0.1) is 0 Å². The number of aromatic amines is 1. The first kappa shape index (κ1) is 26.1. The smallest absolute Gasteiger partial charge is 0.255 e. The number of H-pyrrole nitrogens is 1. The standard InChI is InChI=1S/C30H29Cl3N2O2/c31-23-5-1-3-21(15-23)17-35(18-22-4-2-6-24(32)16-22)25-9-7-20(8-10-25)19-37-28-12-11-27-26(29(28)33)13-14-34-30(27)36/h1-6,11-16,20,25H,7-10,17-19H2,(H,34,36). The van der Waals surface area contributed by atoms with Crippen molar-refractivity contribution in [3.8, 4) is 5.75 Å². The third-order valence-electron chi connectivity index (χ3n) is 7.21. The maximum Gasteiger partial charge on any atom is 0.255 e. The van der Waals surface area contributed by atoms with E-state index in [0.717, 1.165) is 48.8 Å². The highest BCUT2D eigenvalue weighted by atomic mass is 35.5. The van der Waals surface area contributed by atoms with E-state index in [2.05, 4.69) is 22.0 Å². The third-order valence-corrected chi connectivity index (χ3v) is 8.07. The second kappa shape index (κ2) is 11.9. The summed E-state index contributed by atoms with van der Waals surface area (Å²) in [6, 6.07) is 22.1. The minimum Gasteiger partial charge on any atom is -0.492 e. The van der Waals surface area contributed by atoms with Gasteiger partial charge in [-0.05, 0) is 85.2 Å². The summed E-state index contributed by atoms with van der Waals surface area (Å²) in [6.07, 6.45) is 5.96. The number of nitrogens with one attached hydrogen (secondary N) is 1. The molecule has 7 heteroatoms. The van der Waals surface area contributed by atoms with Gasteiger partial charge in [-0.1, -0.05) is 59.1 Å². The van der Waals surface area contributed by atoms with Crippen LogP contribution in [0.2, 0.25) is 15.1 Å². The lowest BCUT2D eigenvalue weighted by Crippen LogP contribution is -2.38. The highest BCUT2D eigenvalue weighted by Gasteiger charge is 2.27. The summed E-state index contributed by atoms with van der Waals surface area (Å²) < 4.78 is 6.15. The number of benzene rings is 3. The van der Waals surface area contributed by atoms with Crippen LogP contribution in [0.25, 0.3) is 10.8 Å². The molecule has 1 aromatic heterocycles.